The van der Waals surface area contributed by atoms with Crippen LogP contribution in [0.1, 0.15) is 39.5 Å². The van der Waals surface area contributed by atoms with E-state index in [1.165, 1.54) is 6.42 Å². The van der Waals surface area contributed by atoms with Gasteiger partial charge in [-0.05, 0) is 39.8 Å². The number of likely N-dealkylation sites (tertiary alicyclic amines) is 1. The second-order valence-electron chi connectivity index (χ2n) is 4.37. The first-order valence-electron chi connectivity index (χ1n) is 6.75. The predicted octanol–water partition coefficient (Wildman–Crippen LogP) is 1.36. The topological polar surface area (TPSA) is 55.8 Å². The molecule has 1 saturated heterocycles. The zero-order valence-corrected chi connectivity index (χ0v) is 11.3. The largest absolute Gasteiger partial charge is 0.466 e. The van der Waals surface area contributed by atoms with Gasteiger partial charge in [0.1, 0.15) is 6.04 Å². The van der Waals surface area contributed by atoms with Gasteiger partial charge in [0, 0.05) is 0 Å². The van der Waals surface area contributed by atoms with Gasteiger partial charge in [0.15, 0.2) is 0 Å². The Morgan fingerprint density at radius 1 is 1.06 bits per heavy atom. The molecule has 1 aliphatic heterocycles. The molecule has 0 aromatic rings. The molecule has 0 aliphatic carbocycles. The summed E-state index contributed by atoms with van der Waals surface area (Å²) in [4.78, 5) is 25.5. The molecule has 104 valence electrons. The zero-order chi connectivity index (χ0) is 13.4. The monoisotopic (exact) mass is 257 g/mol. The number of hydrogen-bond donors (Lipinski definition) is 0. The van der Waals surface area contributed by atoms with Crippen molar-refractivity contribution >= 4 is 11.9 Å². The highest BCUT2D eigenvalue weighted by Crippen LogP contribution is 2.16. The van der Waals surface area contributed by atoms with Crippen LogP contribution in [0.4, 0.5) is 0 Å². The van der Waals surface area contributed by atoms with Crippen molar-refractivity contribution in [3.05, 3.63) is 0 Å². The number of esters is 2. The van der Waals surface area contributed by atoms with Crippen LogP contribution in [0.3, 0.4) is 0 Å². The van der Waals surface area contributed by atoms with E-state index in [4.69, 9.17) is 9.47 Å². The van der Waals surface area contributed by atoms with Crippen molar-refractivity contribution in [3.8, 4) is 0 Å². The molecule has 1 aliphatic rings. The van der Waals surface area contributed by atoms with Crippen LogP contribution in [0, 0.1) is 0 Å². The normalized spacial score (nSPS) is 18.1. The number of ether oxygens (including phenoxy) is 2. The van der Waals surface area contributed by atoms with E-state index < -0.39 is 6.04 Å². The summed E-state index contributed by atoms with van der Waals surface area (Å²) in [5, 5.41) is 0. The Morgan fingerprint density at radius 3 is 2.22 bits per heavy atom. The van der Waals surface area contributed by atoms with Crippen molar-refractivity contribution < 1.29 is 19.1 Å². The zero-order valence-electron chi connectivity index (χ0n) is 11.3. The summed E-state index contributed by atoms with van der Waals surface area (Å²) in [5.41, 5.74) is 0. The lowest BCUT2D eigenvalue weighted by Crippen LogP contribution is -2.46. The Balaban J connectivity index is 2.61. The molecule has 0 spiro atoms. The lowest BCUT2D eigenvalue weighted by atomic mass is 10.1. The van der Waals surface area contributed by atoms with Gasteiger partial charge in [-0.3, -0.25) is 14.5 Å². The van der Waals surface area contributed by atoms with E-state index in [0.717, 1.165) is 25.9 Å². The van der Waals surface area contributed by atoms with Gasteiger partial charge < -0.3 is 9.47 Å². The third kappa shape index (κ3) is 4.64. The Kier molecular flexibility index (Phi) is 6.72. The quantitative estimate of drug-likeness (QED) is 0.672. The van der Waals surface area contributed by atoms with E-state index in [1.54, 1.807) is 13.8 Å². The second kappa shape index (κ2) is 8.08. The summed E-state index contributed by atoms with van der Waals surface area (Å²) < 4.78 is 9.97. The number of rotatable bonds is 6. The molecule has 1 rings (SSSR count). The average molecular weight is 257 g/mol. The van der Waals surface area contributed by atoms with Gasteiger partial charge in [-0.15, -0.1) is 0 Å². The summed E-state index contributed by atoms with van der Waals surface area (Å²) in [5.74, 6) is -0.645. The number of nitrogens with zero attached hydrogens (tertiary/aromatic N) is 1. The summed E-state index contributed by atoms with van der Waals surface area (Å²) in [6.07, 6.45) is 3.41. The van der Waals surface area contributed by atoms with Crippen molar-refractivity contribution in [2.75, 3.05) is 26.3 Å². The SMILES string of the molecule is CCOC(=O)CC(C(=O)OCC)N1CCCCC1. The molecule has 5 nitrogen and oxygen atoms in total. The molecule has 0 N–H and O–H groups in total. The van der Waals surface area contributed by atoms with Gasteiger partial charge in [0.25, 0.3) is 0 Å². The second-order valence-corrected chi connectivity index (χ2v) is 4.37. The first-order valence-corrected chi connectivity index (χ1v) is 6.75. The van der Waals surface area contributed by atoms with E-state index in [9.17, 15) is 9.59 Å². The molecule has 1 atom stereocenters. The van der Waals surface area contributed by atoms with Crippen molar-refractivity contribution in [3.63, 3.8) is 0 Å². The van der Waals surface area contributed by atoms with E-state index in [1.807, 2.05) is 4.90 Å². The number of carbonyl (C=O) groups excluding carboxylic acids is 2. The van der Waals surface area contributed by atoms with E-state index in [2.05, 4.69) is 0 Å². The Morgan fingerprint density at radius 2 is 1.67 bits per heavy atom. The maximum absolute atomic E-state index is 11.9. The first-order chi connectivity index (χ1) is 8.69. The highest BCUT2D eigenvalue weighted by atomic mass is 16.5. The van der Waals surface area contributed by atoms with Crippen LogP contribution in [0.15, 0.2) is 0 Å². The minimum Gasteiger partial charge on any atom is -0.466 e. The van der Waals surface area contributed by atoms with Gasteiger partial charge in [-0.1, -0.05) is 6.42 Å². The van der Waals surface area contributed by atoms with Crippen molar-refractivity contribution in [1.82, 2.24) is 4.90 Å². The minimum atomic E-state index is -0.482. The summed E-state index contributed by atoms with van der Waals surface area (Å²) in [6, 6.07) is -0.482. The van der Waals surface area contributed by atoms with Crippen molar-refractivity contribution in [1.29, 1.82) is 0 Å². The lowest BCUT2D eigenvalue weighted by molar-refractivity contribution is -0.156. The molecule has 1 fully saturated rings. The van der Waals surface area contributed by atoms with E-state index in [0.29, 0.717) is 13.2 Å². The number of piperidine rings is 1. The van der Waals surface area contributed by atoms with Gasteiger partial charge >= 0.3 is 11.9 Å². The number of carbonyl (C=O) groups is 2. The molecule has 0 aromatic carbocycles. The molecule has 0 radical (unpaired) electrons. The van der Waals surface area contributed by atoms with Crippen LogP contribution in [0.2, 0.25) is 0 Å². The Bertz CT molecular complexity index is 274. The van der Waals surface area contributed by atoms with Crippen LogP contribution in [0.25, 0.3) is 0 Å². The summed E-state index contributed by atoms with van der Waals surface area (Å²) >= 11 is 0. The molecule has 5 heteroatoms. The predicted molar refractivity (Wildman–Crippen MR) is 67.1 cm³/mol. The molecule has 0 saturated carbocycles. The fraction of sp³-hybridized carbons (Fsp3) is 0.846. The van der Waals surface area contributed by atoms with Crippen LogP contribution >= 0.6 is 0 Å². The highest BCUT2D eigenvalue weighted by molar-refractivity contribution is 5.82. The maximum Gasteiger partial charge on any atom is 0.323 e. The molecule has 1 heterocycles. The van der Waals surface area contributed by atoms with Crippen LogP contribution in [-0.4, -0.2) is 49.2 Å². The van der Waals surface area contributed by atoms with Crippen LogP contribution < -0.4 is 0 Å². The molecular weight excluding hydrogens is 234 g/mol. The number of hydrogen-bond acceptors (Lipinski definition) is 5. The van der Waals surface area contributed by atoms with Gasteiger partial charge in [0.05, 0.1) is 19.6 Å². The fourth-order valence-corrected chi connectivity index (χ4v) is 2.21. The van der Waals surface area contributed by atoms with Crippen LogP contribution in [0.5, 0.6) is 0 Å². The highest BCUT2D eigenvalue weighted by Gasteiger charge is 2.30. The van der Waals surface area contributed by atoms with E-state index >= 15 is 0 Å². The summed E-state index contributed by atoms with van der Waals surface area (Å²) in [7, 11) is 0. The molecule has 0 aromatic heterocycles. The average Bonchev–Trinajstić information content (AvgIpc) is 2.37. The molecule has 1 unspecified atom stereocenters. The molecule has 0 bridgehead atoms. The van der Waals surface area contributed by atoms with E-state index in [-0.39, 0.29) is 18.4 Å². The maximum atomic E-state index is 11.9. The Labute approximate surface area is 108 Å². The Hall–Kier alpha value is -1.10. The smallest absolute Gasteiger partial charge is 0.323 e. The fourth-order valence-electron chi connectivity index (χ4n) is 2.21. The van der Waals surface area contributed by atoms with Crippen LogP contribution in [-0.2, 0) is 19.1 Å². The minimum absolute atomic E-state index is 0.0900. The molecule has 0 amide bonds. The third-order valence-corrected chi connectivity index (χ3v) is 3.06. The van der Waals surface area contributed by atoms with Crippen molar-refractivity contribution in [2.45, 2.75) is 45.6 Å². The molecule has 18 heavy (non-hydrogen) atoms. The third-order valence-electron chi connectivity index (χ3n) is 3.06. The van der Waals surface area contributed by atoms with Crippen molar-refractivity contribution in [2.24, 2.45) is 0 Å². The first kappa shape index (κ1) is 15.0. The van der Waals surface area contributed by atoms with Gasteiger partial charge in [0.2, 0.25) is 0 Å². The summed E-state index contributed by atoms with van der Waals surface area (Å²) in [6.45, 7) is 5.92. The standard InChI is InChI=1S/C13H23NO4/c1-3-17-12(15)10-11(13(16)18-4-2)14-8-6-5-7-9-14/h11H,3-10H2,1-2H3. The van der Waals surface area contributed by atoms with Gasteiger partial charge in [-0.2, -0.15) is 0 Å². The molecular formula is C13H23NO4. The lowest BCUT2D eigenvalue weighted by Gasteiger charge is -2.32. The van der Waals surface area contributed by atoms with Gasteiger partial charge in [-0.25, -0.2) is 0 Å².